The second-order valence-electron chi connectivity index (χ2n) is 3.85. The van der Waals surface area contributed by atoms with Gasteiger partial charge in [0.2, 0.25) is 5.91 Å². The molecule has 0 radical (unpaired) electrons. The Balaban J connectivity index is 2.12. The average Bonchev–Trinajstić information content (AvgIpc) is 2.66. The third kappa shape index (κ3) is 2.45. The number of pyridine rings is 1. The van der Waals surface area contributed by atoms with E-state index >= 15 is 0 Å². The van der Waals surface area contributed by atoms with E-state index in [1.807, 2.05) is 35.7 Å². The predicted octanol–water partition coefficient (Wildman–Crippen LogP) is 0.478. The number of nitrogens with zero attached hydrogens (tertiary/aromatic N) is 2. The lowest BCUT2D eigenvalue weighted by atomic mass is 10.3. The molecule has 0 spiro atoms. The van der Waals surface area contributed by atoms with Gasteiger partial charge in [-0.15, -0.1) is 0 Å². The van der Waals surface area contributed by atoms with Gasteiger partial charge in [-0.1, -0.05) is 6.07 Å². The summed E-state index contributed by atoms with van der Waals surface area (Å²) in [7, 11) is 1.63. The predicted molar refractivity (Wildman–Crippen MR) is 65.7 cm³/mol. The summed E-state index contributed by atoms with van der Waals surface area (Å²) in [5.74, 6) is -0.0172. The molecule has 5 heteroatoms. The van der Waals surface area contributed by atoms with E-state index in [1.54, 1.807) is 7.05 Å². The fourth-order valence-electron chi connectivity index (χ4n) is 1.76. The largest absolute Gasteiger partial charge is 0.358 e. The van der Waals surface area contributed by atoms with Gasteiger partial charge in [0.15, 0.2) is 0 Å². The van der Waals surface area contributed by atoms with Crippen LogP contribution in [0.5, 0.6) is 0 Å². The minimum atomic E-state index is -0.0172. The summed E-state index contributed by atoms with van der Waals surface area (Å²) in [6.45, 7) is 2.92. The Morgan fingerprint density at radius 3 is 3.06 bits per heavy atom. The van der Waals surface area contributed by atoms with Gasteiger partial charge in [-0.05, 0) is 19.1 Å². The molecule has 90 valence electrons. The summed E-state index contributed by atoms with van der Waals surface area (Å²) in [5, 5.41) is 5.67. The van der Waals surface area contributed by atoms with E-state index in [-0.39, 0.29) is 5.91 Å². The number of imidazole rings is 1. The number of fused-ring (bicyclic) bond motifs is 1. The highest BCUT2D eigenvalue weighted by molar-refractivity contribution is 5.77. The van der Waals surface area contributed by atoms with Crippen molar-refractivity contribution in [3.8, 4) is 0 Å². The number of aromatic nitrogens is 2. The summed E-state index contributed by atoms with van der Waals surface area (Å²) in [4.78, 5) is 15.5. The van der Waals surface area contributed by atoms with Crippen LogP contribution in [0.1, 0.15) is 11.4 Å². The molecule has 0 aliphatic carbocycles. The van der Waals surface area contributed by atoms with Gasteiger partial charge in [0, 0.05) is 19.8 Å². The first kappa shape index (κ1) is 11.6. The van der Waals surface area contributed by atoms with E-state index < -0.39 is 0 Å². The van der Waals surface area contributed by atoms with Gasteiger partial charge in [-0.3, -0.25) is 4.79 Å². The average molecular weight is 232 g/mol. The van der Waals surface area contributed by atoms with Crippen LogP contribution < -0.4 is 10.6 Å². The molecule has 2 rings (SSSR count). The number of carbonyl (C=O) groups is 1. The first-order valence-corrected chi connectivity index (χ1v) is 5.56. The number of carbonyl (C=O) groups excluding carboxylic acids is 1. The number of amides is 1. The van der Waals surface area contributed by atoms with Crippen molar-refractivity contribution in [2.24, 2.45) is 0 Å². The fourth-order valence-corrected chi connectivity index (χ4v) is 1.76. The Kier molecular flexibility index (Phi) is 3.39. The monoisotopic (exact) mass is 232 g/mol. The molecule has 0 bridgehead atoms. The van der Waals surface area contributed by atoms with Gasteiger partial charge in [-0.25, -0.2) is 4.98 Å². The van der Waals surface area contributed by atoms with E-state index in [4.69, 9.17) is 0 Å². The van der Waals surface area contributed by atoms with E-state index in [9.17, 15) is 4.79 Å². The Bertz CT molecular complexity index is 532. The van der Waals surface area contributed by atoms with E-state index in [0.29, 0.717) is 13.1 Å². The Hall–Kier alpha value is -1.88. The number of aryl methyl sites for hydroxylation is 1. The van der Waals surface area contributed by atoms with Crippen molar-refractivity contribution >= 4 is 11.6 Å². The van der Waals surface area contributed by atoms with Gasteiger partial charge in [0.05, 0.1) is 17.9 Å². The number of rotatable bonds is 4. The Labute approximate surface area is 99.9 Å². The molecule has 0 unspecified atom stereocenters. The molecule has 2 aromatic rings. The van der Waals surface area contributed by atoms with Crippen LogP contribution in [0, 0.1) is 6.92 Å². The highest BCUT2D eigenvalue weighted by Crippen LogP contribution is 2.10. The van der Waals surface area contributed by atoms with Gasteiger partial charge in [-0.2, -0.15) is 0 Å². The zero-order valence-corrected chi connectivity index (χ0v) is 10.0. The lowest BCUT2D eigenvalue weighted by molar-refractivity contribution is -0.119. The van der Waals surface area contributed by atoms with Crippen molar-refractivity contribution in [1.29, 1.82) is 0 Å². The molecule has 0 aromatic carbocycles. The maximum absolute atomic E-state index is 11.1. The molecule has 0 aliphatic rings. The van der Waals surface area contributed by atoms with Crippen molar-refractivity contribution in [2.45, 2.75) is 13.5 Å². The maximum atomic E-state index is 11.1. The maximum Gasteiger partial charge on any atom is 0.233 e. The van der Waals surface area contributed by atoms with Crippen LogP contribution >= 0.6 is 0 Å². The van der Waals surface area contributed by atoms with Crippen molar-refractivity contribution in [3.63, 3.8) is 0 Å². The highest BCUT2D eigenvalue weighted by atomic mass is 16.1. The first-order chi connectivity index (χ1) is 8.22. The standard InChI is InChI=1S/C12H16N4O/c1-9-10(7-14-8-12(17)13-2)16-6-4-3-5-11(16)15-9/h3-6,14H,7-8H2,1-2H3,(H,13,17). The molecule has 0 saturated heterocycles. The lowest BCUT2D eigenvalue weighted by Gasteiger charge is -2.05. The van der Waals surface area contributed by atoms with Gasteiger partial charge >= 0.3 is 0 Å². The summed E-state index contributed by atoms with van der Waals surface area (Å²) in [6, 6.07) is 5.90. The van der Waals surface area contributed by atoms with Crippen LogP contribution in [-0.4, -0.2) is 28.9 Å². The second kappa shape index (κ2) is 4.97. The van der Waals surface area contributed by atoms with E-state index in [2.05, 4.69) is 15.6 Å². The molecule has 1 amide bonds. The molecule has 17 heavy (non-hydrogen) atoms. The summed E-state index contributed by atoms with van der Waals surface area (Å²) in [6.07, 6.45) is 1.98. The minimum Gasteiger partial charge on any atom is -0.358 e. The zero-order chi connectivity index (χ0) is 12.3. The fraction of sp³-hybridized carbons (Fsp3) is 0.333. The molecule has 2 N–H and O–H groups in total. The van der Waals surface area contributed by atoms with Crippen LogP contribution in [-0.2, 0) is 11.3 Å². The summed E-state index contributed by atoms with van der Waals surface area (Å²) >= 11 is 0. The first-order valence-electron chi connectivity index (χ1n) is 5.56. The number of hydrogen-bond acceptors (Lipinski definition) is 3. The molecule has 0 aliphatic heterocycles. The van der Waals surface area contributed by atoms with Crippen molar-refractivity contribution in [2.75, 3.05) is 13.6 Å². The lowest BCUT2D eigenvalue weighted by Crippen LogP contribution is -2.31. The molecule has 5 nitrogen and oxygen atoms in total. The summed E-state index contributed by atoms with van der Waals surface area (Å²) < 4.78 is 2.03. The van der Waals surface area contributed by atoms with Crippen molar-refractivity contribution in [3.05, 3.63) is 35.8 Å². The summed E-state index contributed by atoms with van der Waals surface area (Å²) in [5.41, 5.74) is 3.01. The SMILES string of the molecule is CNC(=O)CNCc1c(C)nc2ccccn12. The molecule has 0 saturated carbocycles. The molecule has 0 fully saturated rings. The van der Waals surface area contributed by atoms with Crippen LogP contribution in [0.3, 0.4) is 0 Å². The number of nitrogens with one attached hydrogen (secondary N) is 2. The van der Waals surface area contributed by atoms with Gasteiger partial charge in [0.1, 0.15) is 5.65 Å². The van der Waals surface area contributed by atoms with Crippen molar-refractivity contribution < 1.29 is 4.79 Å². The number of likely N-dealkylation sites (N-methyl/N-ethyl adjacent to an activating group) is 1. The van der Waals surface area contributed by atoms with Crippen LogP contribution in [0.4, 0.5) is 0 Å². The highest BCUT2D eigenvalue weighted by Gasteiger charge is 2.07. The van der Waals surface area contributed by atoms with E-state index in [1.165, 1.54) is 0 Å². The third-order valence-corrected chi connectivity index (χ3v) is 2.69. The van der Waals surface area contributed by atoms with Crippen molar-refractivity contribution in [1.82, 2.24) is 20.0 Å². The smallest absolute Gasteiger partial charge is 0.233 e. The Morgan fingerprint density at radius 2 is 2.29 bits per heavy atom. The molecule has 2 heterocycles. The van der Waals surface area contributed by atoms with E-state index in [0.717, 1.165) is 17.0 Å². The second-order valence-corrected chi connectivity index (χ2v) is 3.85. The zero-order valence-electron chi connectivity index (χ0n) is 10.0. The van der Waals surface area contributed by atoms with Crippen LogP contribution in [0.2, 0.25) is 0 Å². The van der Waals surface area contributed by atoms with Crippen LogP contribution in [0.25, 0.3) is 5.65 Å². The van der Waals surface area contributed by atoms with Gasteiger partial charge < -0.3 is 15.0 Å². The molecular formula is C12H16N4O. The normalized spacial score (nSPS) is 10.7. The van der Waals surface area contributed by atoms with Gasteiger partial charge in [0.25, 0.3) is 0 Å². The third-order valence-electron chi connectivity index (χ3n) is 2.69. The minimum absolute atomic E-state index is 0.0172. The molecule has 2 aromatic heterocycles. The quantitative estimate of drug-likeness (QED) is 0.806. The number of hydrogen-bond donors (Lipinski definition) is 2. The van der Waals surface area contributed by atoms with Crippen LogP contribution in [0.15, 0.2) is 24.4 Å². The topological polar surface area (TPSA) is 58.4 Å². The Morgan fingerprint density at radius 1 is 1.47 bits per heavy atom. The molecular weight excluding hydrogens is 216 g/mol. The molecule has 0 atom stereocenters.